The molecule has 1 amide bonds. The second-order valence-electron chi connectivity index (χ2n) is 4.81. The summed E-state index contributed by atoms with van der Waals surface area (Å²) in [5.74, 6) is 0.944. The van der Waals surface area contributed by atoms with Crippen LogP contribution in [-0.4, -0.2) is 25.0 Å². The minimum absolute atomic E-state index is 0.0617. The van der Waals surface area contributed by atoms with Gasteiger partial charge in [0.05, 0.1) is 6.04 Å². The van der Waals surface area contributed by atoms with Gasteiger partial charge in [0.25, 0.3) is 0 Å². The molecule has 3 atom stereocenters. The molecule has 1 fully saturated rings. The molecule has 0 aromatic carbocycles. The van der Waals surface area contributed by atoms with Gasteiger partial charge in [0.2, 0.25) is 5.91 Å². The van der Waals surface area contributed by atoms with E-state index in [1.54, 1.807) is 7.05 Å². The van der Waals surface area contributed by atoms with Crippen molar-refractivity contribution in [2.45, 2.75) is 58.0 Å². The van der Waals surface area contributed by atoms with E-state index >= 15 is 0 Å². The van der Waals surface area contributed by atoms with Crippen molar-refractivity contribution >= 4 is 5.91 Å². The maximum atomic E-state index is 11.4. The lowest BCUT2D eigenvalue weighted by Crippen LogP contribution is -2.45. The van der Waals surface area contributed by atoms with Crippen molar-refractivity contribution in [1.29, 1.82) is 0 Å². The Morgan fingerprint density at radius 2 is 2.00 bits per heavy atom. The van der Waals surface area contributed by atoms with Crippen molar-refractivity contribution in [3.63, 3.8) is 0 Å². The Morgan fingerprint density at radius 3 is 2.67 bits per heavy atom. The largest absolute Gasteiger partial charge is 0.358 e. The number of hydrogen-bond acceptors (Lipinski definition) is 2. The van der Waals surface area contributed by atoms with Gasteiger partial charge >= 0.3 is 0 Å². The summed E-state index contributed by atoms with van der Waals surface area (Å²) < 4.78 is 0. The maximum Gasteiger partial charge on any atom is 0.236 e. The van der Waals surface area contributed by atoms with Crippen molar-refractivity contribution in [2.75, 3.05) is 7.05 Å². The van der Waals surface area contributed by atoms with Crippen molar-refractivity contribution < 1.29 is 4.79 Å². The van der Waals surface area contributed by atoms with Crippen LogP contribution in [0.2, 0.25) is 0 Å². The van der Waals surface area contributed by atoms with Crippen LogP contribution < -0.4 is 10.6 Å². The summed E-state index contributed by atoms with van der Waals surface area (Å²) in [6, 6.07) is 0.468. The Bertz CT molecular complexity index is 206. The third kappa shape index (κ3) is 4.20. The topological polar surface area (TPSA) is 41.1 Å². The molecule has 3 heteroatoms. The zero-order chi connectivity index (χ0) is 11.3. The van der Waals surface area contributed by atoms with Crippen LogP contribution in [0.1, 0.15) is 46.0 Å². The average molecular weight is 212 g/mol. The quantitative estimate of drug-likeness (QED) is 0.699. The van der Waals surface area contributed by atoms with Gasteiger partial charge in [-0.3, -0.25) is 4.79 Å². The predicted octanol–water partition coefficient (Wildman–Crippen LogP) is 1.68. The molecule has 3 unspecified atom stereocenters. The van der Waals surface area contributed by atoms with E-state index in [1.165, 1.54) is 32.1 Å². The molecular formula is C12H24N2O. The summed E-state index contributed by atoms with van der Waals surface area (Å²) in [4.78, 5) is 11.4. The van der Waals surface area contributed by atoms with E-state index < -0.39 is 0 Å². The van der Waals surface area contributed by atoms with Crippen LogP contribution in [0.3, 0.4) is 0 Å². The predicted molar refractivity (Wildman–Crippen MR) is 62.7 cm³/mol. The fraction of sp³-hybridized carbons (Fsp3) is 0.917. The molecule has 88 valence electrons. The average Bonchev–Trinajstić information content (AvgIpc) is 2.42. The molecule has 1 aliphatic carbocycles. The molecule has 0 spiro atoms. The molecular weight excluding hydrogens is 188 g/mol. The number of hydrogen-bond donors (Lipinski definition) is 2. The summed E-state index contributed by atoms with van der Waals surface area (Å²) >= 11 is 0. The fourth-order valence-electron chi connectivity index (χ4n) is 2.30. The number of nitrogens with one attached hydrogen (secondary N) is 2. The van der Waals surface area contributed by atoms with Gasteiger partial charge in [-0.15, -0.1) is 0 Å². The zero-order valence-corrected chi connectivity index (χ0v) is 10.2. The summed E-state index contributed by atoms with van der Waals surface area (Å²) in [7, 11) is 1.69. The SMILES string of the molecule is CNC(=O)C(C)NC1CCCC(C)CC1. The first kappa shape index (κ1) is 12.5. The molecule has 0 aromatic heterocycles. The van der Waals surface area contributed by atoms with Crippen LogP contribution in [0.4, 0.5) is 0 Å². The lowest BCUT2D eigenvalue weighted by molar-refractivity contribution is -0.122. The smallest absolute Gasteiger partial charge is 0.236 e. The van der Waals surface area contributed by atoms with Gasteiger partial charge < -0.3 is 10.6 Å². The van der Waals surface area contributed by atoms with Crippen molar-refractivity contribution in [1.82, 2.24) is 10.6 Å². The first-order valence-electron chi connectivity index (χ1n) is 6.11. The van der Waals surface area contributed by atoms with Crippen LogP contribution in [0.15, 0.2) is 0 Å². The number of rotatable bonds is 3. The second-order valence-corrected chi connectivity index (χ2v) is 4.81. The summed E-state index contributed by atoms with van der Waals surface area (Å²) in [5.41, 5.74) is 0. The Labute approximate surface area is 93.0 Å². The van der Waals surface area contributed by atoms with E-state index in [9.17, 15) is 4.79 Å². The van der Waals surface area contributed by atoms with E-state index in [4.69, 9.17) is 0 Å². The van der Waals surface area contributed by atoms with Crippen molar-refractivity contribution in [2.24, 2.45) is 5.92 Å². The summed E-state index contributed by atoms with van der Waals surface area (Å²) in [6.07, 6.45) is 6.35. The van der Waals surface area contributed by atoms with Gasteiger partial charge in [0.1, 0.15) is 0 Å². The molecule has 0 heterocycles. The van der Waals surface area contributed by atoms with Gasteiger partial charge in [-0.1, -0.05) is 19.8 Å². The summed E-state index contributed by atoms with van der Waals surface area (Å²) in [6.45, 7) is 4.26. The van der Waals surface area contributed by atoms with Crippen LogP contribution in [-0.2, 0) is 4.79 Å². The second kappa shape index (κ2) is 6.11. The van der Waals surface area contributed by atoms with Gasteiger partial charge in [-0.05, 0) is 32.1 Å². The summed E-state index contributed by atoms with van der Waals surface area (Å²) in [5, 5.41) is 6.10. The Kier molecular flexibility index (Phi) is 5.09. The molecule has 3 nitrogen and oxygen atoms in total. The molecule has 15 heavy (non-hydrogen) atoms. The van der Waals surface area contributed by atoms with Gasteiger partial charge in [0, 0.05) is 13.1 Å². The number of carbonyl (C=O) groups is 1. The lowest BCUT2D eigenvalue weighted by atomic mass is 10.0. The Balaban J connectivity index is 2.34. The van der Waals surface area contributed by atoms with E-state index in [0.29, 0.717) is 6.04 Å². The standard InChI is InChI=1S/C12H24N2O/c1-9-5-4-6-11(8-7-9)14-10(2)12(15)13-3/h9-11,14H,4-8H2,1-3H3,(H,13,15). The molecule has 0 bridgehead atoms. The van der Waals surface area contributed by atoms with Gasteiger partial charge in [0.15, 0.2) is 0 Å². The Hall–Kier alpha value is -0.570. The Morgan fingerprint density at radius 1 is 1.27 bits per heavy atom. The first-order chi connectivity index (χ1) is 7.13. The molecule has 1 rings (SSSR count). The molecule has 0 saturated heterocycles. The van der Waals surface area contributed by atoms with E-state index in [-0.39, 0.29) is 11.9 Å². The van der Waals surface area contributed by atoms with Gasteiger partial charge in [-0.25, -0.2) is 0 Å². The molecule has 1 saturated carbocycles. The highest BCUT2D eigenvalue weighted by Gasteiger charge is 2.19. The minimum Gasteiger partial charge on any atom is -0.358 e. The normalized spacial score (nSPS) is 29.3. The highest BCUT2D eigenvalue weighted by Crippen LogP contribution is 2.22. The molecule has 0 radical (unpaired) electrons. The monoisotopic (exact) mass is 212 g/mol. The van der Waals surface area contributed by atoms with Gasteiger partial charge in [-0.2, -0.15) is 0 Å². The minimum atomic E-state index is -0.0617. The van der Waals surface area contributed by atoms with Crippen LogP contribution in [0, 0.1) is 5.92 Å². The van der Waals surface area contributed by atoms with E-state index in [1.807, 2.05) is 6.92 Å². The highest BCUT2D eigenvalue weighted by atomic mass is 16.2. The van der Waals surface area contributed by atoms with E-state index in [0.717, 1.165) is 5.92 Å². The third-order valence-electron chi connectivity index (χ3n) is 3.38. The zero-order valence-electron chi connectivity index (χ0n) is 10.2. The maximum absolute atomic E-state index is 11.4. The molecule has 0 aromatic rings. The molecule has 0 aliphatic heterocycles. The molecule has 2 N–H and O–H groups in total. The van der Waals surface area contributed by atoms with E-state index in [2.05, 4.69) is 17.6 Å². The van der Waals surface area contributed by atoms with Crippen molar-refractivity contribution in [3.8, 4) is 0 Å². The number of carbonyl (C=O) groups excluding carboxylic acids is 1. The number of likely N-dealkylation sites (N-methyl/N-ethyl adjacent to an activating group) is 1. The van der Waals surface area contributed by atoms with Crippen LogP contribution >= 0.6 is 0 Å². The lowest BCUT2D eigenvalue weighted by Gasteiger charge is -2.20. The third-order valence-corrected chi connectivity index (χ3v) is 3.38. The highest BCUT2D eigenvalue weighted by molar-refractivity contribution is 5.80. The van der Waals surface area contributed by atoms with Crippen LogP contribution in [0.25, 0.3) is 0 Å². The van der Waals surface area contributed by atoms with Crippen LogP contribution in [0.5, 0.6) is 0 Å². The van der Waals surface area contributed by atoms with Crippen molar-refractivity contribution in [3.05, 3.63) is 0 Å². The number of amides is 1. The first-order valence-corrected chi connectivity index (χ1v) is 6.11. The molecule has 1 aliphatic rings. The fourth-order valence-corrected chi connectivity index (χ4v) is 2.30.